The summed E-state index contributed by atoms with van der Waals surface area (Å²) < 4.78 is 0. The van der Waals surface area contributed by atoms with Crippen molar-refractivity contribution in [2.45, 2.75) is 20.4 Å². The number of nitro benzene ring substituents is 1. The lowest BCUT2D eigenvalue weighted by Gasteiger charge is -2.20. The van der Waals surface area contributed by atoms with E-state index in [2.05, 4.69) is 14.9 Å². The largest absolute Gasteiger partial charge is 0.367 e. The van der Waals surface area contributed by atoms with Crippen molar-refractivity contribution in [3.05, 3.63) is 56.2 Å². The molecule has 0 aliphatic heterocycles. The van der Waals surface area contributed by atoms with E-state index < -0.39 is 0 Å². The van der Waals surface area contributed by atoms with Crippen LogP contribution < -0.4 is 4.90 Å². The Kier molecular flexibility index (Phi) is 3.96. The van der Waals surface area contributed by atoms with Crippen LogP contribution in [0.1, 0.15) is 16.4 Å². The molecule has 1 aromatic carbocycles. The fourth-order valence-corrected chi connectivity index (χ4v) is 3.39. The highest BCUT2D eigenvalue weighted by Gasteiger charge is 2.17. The predicted octanol–water partition coefficient (Wildman–Crippen LogP) is 3.85. The molecule has 23 heavy (non-hydrogen) atoms. The second-order valence-electron chi connectivity index (χ2n) is 5.45. The molecule has 6 nitrogen and oxygen atoms in total. The van der Waals surface area contributed by atoms with Crippen LogP contribution in [0.15, 0.2) is 29.6 Å². The number of aromatic nitrogens is 2. The first kappa shape index (κ1) is 15.4. The molecule has 2 aromatic heterocycles. The lowest BCUT2D eigenvalue weighted by molar-refractivity contribution is -0.383. The van der Waals surface area contributed by atoms with E-state index in [1.54, 1.807) is 17.4 Å². The molecule has 0 aliphatic rings. The molecule has 0 spiro atoms. The van der Waals surface area contributed by atoms with E-state index in [1.807, 2.05) is 38.4 Å². The fraction of sp³-hybridized carbons (Fsp3) is 0.250. The summed E-state index contributed by atoms with van der Waals surface area (Å²) in [7, 11) is 1.96. The Balaban J connectivity index is 2.09. The van der Waals surface area contributed by atoms with Crippen molar-refractivity contribution in [1.82, 2.24) is 9.97 Å². The highest BCUT2D eigenvalue weighted by atomic mass is 32.1. The molecule has 0 saturated heterocycles. The van der Waals surface area contributed by atoms with Gasteiger partial charge in [0.1, 0.15) is 5.01 Å². The van der Waals surface area contributed by atoms with Crippen LogP contribution in [-0.4, -0.2) is 21.9 Å². The topological polar surface area (TPSA) is 72.2 Å². The maximum absolute atomic E-state index is 11.2. The SMILES string of the molecule is Cc1csc(CN(C)c2cc(C)nc3c([N+](=O)[O-])cccc23)n1. The van der Waals surface area contributed by atoms with Gasteiger partial charge in [-0.1, -0.05) is 12.1 Å². The Labute approximate surface area is 137 Å². The summed E-state index contributed by atoms with van der Waals surface area (Å²) in [6.45, 7) is 4.47. The zero-order chi connectivity index (χ0) is 16.6. The molecule has 0 amide bonds. The standard InChI is InChI=1S/C16H16N4O2S/c1-10-7-14(19(3)8-15-17-11(2)9-23-15)12-5-4-6-13(20(21)22)16(12)18-10/h4-7,9H,8H2,1-3H3. The number of anilines is 1. The minimum Gasteiger partial charge on any atom is -0.367 e. The smallest absolute Gasteiger partial charge is 0.295 e. The summed E-state index contributed by atoms with van der Waals surface area (Å²) in [5.74, 6) is 0. The van der Waals surface area contributed by atoms with Crippen LogP contribution in [-0.2, 0) is 6.54 Å². The van der Waals surface area contributed by atoms with Crippen LogP contribution in [0, 0.1) is 24.0 Å². The second-order valence-corrected chi connectivity index (χ2v) is 6.39. The minimum atomic E-state index is -0.386. The number of thiazole rings is 1. The first-order chi connectivity index (χ1) is 11.0. The summed E-state index contributed by atoms with van der Waals surface area (Å²) in [6, 6.07) is 7.01. The van der Waals surface area contributed by atoms with Gasteiger partial charge in [-0.25, -0.2) is 9.97 Å². The molecule has 0 aliphatic carbocycles. The lowest BCUT2D eigenvalue weighted by atomic mass is 10.1. The Morgan fingerprint density at radius 3 is 2.70 bits per heavy atom. The number of hydrogen-bond donors (Lipinski definition) is 0. The number of aryl methyl sites for hydroxylation is 2. The Morgan fingerprint density at radius 2 is 2.04 bits per heavy atom. The third-order valence-electron chi connectivity index (χ3n) is 3.57. The second kappa shape index (κ2) is 5.92. The molecular weight excluding hydrogens is 312 g/mol. The third-order valence-corrected chi connectivity index (χ3v) is 4.52. The maximum Gasteiger partial charge on any atom is 0.295 e. The molecule has 7 heteroatoms. The molecule has 0 radical (unpaired) electrons. The van der Waals surface area contributed by atoms with Crippen molar-refractivity contribution in [2.24, 2.45) is 0 Å². The van der Waals surface area contributed by atoms with Gasteiger partial charge in [-0.3, -0.25) is 10.1 Å². The quantitative estimate of drug-likeness (QED) is 0.537. The summed E-state index contributed by atoms with van der Waals surface area (Å²) in [6.07, 6.45) is 0. The van der Waals surface area contributed by atoms with Crippen molar-refractivity contribution in [1.29, 1.82) is 0 Å². The number of non-ortho nitro benzene ring substituents is 1. The Hall–Kier alpha value is -2.54. The van der Waals surface area contributed by atoms with Gasteiger partial charge in [0.05, 0.1) is 11.5 Å². The summed E-state index contributed by atoms with van der Waals surface area (Å²) in [5.41, 5.74) is 3.14. The van der Waals surface area contributed by atoms with Gasteiger partial charge in [-0.2, -0.15) is 0 Å². The highest BCUT2D eigenvalue weighted by Crippen LogP contribution is 2.32. The van der Waals surface area contributed by atoms with Gasteiger partial charge >= 0.3 is 0 Å². The van der Waals surface area contributed by atoms with Gasteiger partial charge in [0.2, 0.25) is 0 Å². The molecule has 0 atom stereocenters. The predicted molar refractivity (Wildman–Crippen MR) is 92.1 cm³/mol. The molecule has 0 unspecified atom stereocenters. The van der Waals surface area contributed by atoms with Crippen molar-refractivity contribution < 1.29 is 4.92 Å². The molecular formula is C16H16N4O2S. The van der Waals surface area contributed by atoms with E-state index in [9.17, 15) is 10.1 Å². The lowest BCUT2D eigenvalue weighted by Crippen LogP contribution is -2.17. The van der Waals surface area contributed by atoms with Crippen molar-refractivity contribution in [2.75, 3.05) is 11.9 Å². The monoisotopic (exact) mass is 328 g/mol. The summed E-state index contributed by atoms with van der Waals surface area (Å²) >= 11 is 1.61. The number of pyridine rings is 1. The molecule has 0 N–H and O–H groups in total. The van der Waals surface area contributed by atoms with Crippen LogP contribution in [0.4, 0.5) is 11.4 Å². The van der Waals surface area contributed by atoms with E-state index >= 15 is 0 Å². The van der Waals surface area contributed by atoms with Crippen molar-refractivity contribution in [3.63, 3.8) is 0 Å². The van der Waals surface area contributed by atoms with Crippen LogP contribution >= 0.6 is 11.3 Å². The van der Waals surface area contributed by atoms with Crippen LogP contribution in [0.3, 0.4) is 0 Å². The van der Waals surface area contributed by atoms with E-state index in [4.69, 9.17) is 0 Å². The molecule has 0 bridgehead atoms. The normalized spacial score (nSPS) is 10.9. The van der Waals surface area contributed by atoms with Gasteiger partial charge in [0, 0.05) is 41.0 Å². The Morgan fingerprint density at radius 1 is 1.26 bits per heavy atom. The summed E-state index contributed by atoms with van der Waals surface area (Å²) in [4.78, 5) is 21.8. The molecule has 2 heterocycles. The number of benzene rings is 1. The van der Waals surface area contributed by atoms with Crippen LogP contribution in [0.5, 0.6) is 0 Å². The van der Waals surface area contributed by atoms with Gasteiger partial charge in [0.25, 0.3) is 5.69 Å². The van der Waals surface area contributed by atoms with Gasteiger partial charge in [-0.15, -0.1) is 11.3 Å². The molecule has 0 fully saturated rings. The van der Waals surface area contributed by atoms with E-state index in [0.29, 0.717) is 12.1 Å². The van der Waals surface area contributed by atoms with Gasteiger partial charge in [-0.05, 0) is 19.9 Å². The zero-order valence-electron chi connectivity index (χ0n) is 13.1. The highest BCUT2D eigenvalue weighted by molar-refractivity contribution is 7.09. The van der Waals surface area contributed by atoms with Gasteiger partial charge < -0.3 is 4.90 Å². The molecule has 3 rings (SSSR count). The van der Waals surface area contributed by atoms with E-state index in [0.717, 1.165) is 27.5 Å². The van der Waals surface area contributed by atoms with E-state index in [1.165, 1.54) is 6.07 Å². The fourth-order valence-electron chi connectivity index (χ4n) is 2.57. The van der Waals surface area contributed by atoms with E-state index in [-0.39, 0.29) is 10.6 Å². The average molecular weight is 328 g/mol. The average Bonchev–Trinajstić information content (AvgIpc) is 2.90. The molecule has 3 aromatic rings. The molecule has 0 saturated carbocycles. The maximum atomic E-state index is 11.2. The third kappa shape index (κ3) is 3.00. The number of fused-ring (bicyclic) bond motifs is 1. The van der Waals surface area contributed by atoms with Crippen molar-refractivity contribution >= 4 is 33.6 Å². The van der Waals surface area contributed by atoms with Crippen LogP contribution in [0.25, 0.3) is 10.9 Å². The minimum absolute atomic E-state index is 0.0333. The number of rotatable bonds is 4. The zero-order valence-corrected chi connectivity index (χ0v) is 13.9. The van der Waals surface area contributed by atoms with Crippen LogP contribution in [0.2, 0.25) is 0 Å². The number of nitrogens with zero attached hydrogens (tertiary/aromatic N) is 4. The molecule has 118 valence electrons. The number of para-hydroxylation sites is 1. The van der Waals surface area contributed by atoms with Gasteiger partial charge in [0.15, 0.2) is 5.52 Å². The first-order valence-corrected chi connectivity index (χ1v) is 8.00. The summed E-state index contributed by atoms with van der Waals surface area (Å²) in [5, 5.41) is 15.1. The number of hydrogen-bond acceptors (Lipinski definition) is 6. The van der Waals surface area contributed by atoms with Crippen molar-refractivity contribution in [3.8, 4) is 0 Å². The number of nitro groups is 1. The Bertz CT molecular complexity index is 891. The first-order valence-electron chi connectivity index (χ1n) is 7.12.